The maximum absolute atomic E-state index is 11.4. The lowest BCUT2D eigenvalue weighted by Gasteiger charge is -2.25. The Labute approximate surface area is 67.0 Å². The molecule has 1 heterocycles. The fraction of sp³-hybridized carbons (Fsp3) is 0.857. The minimum Gasteiger partial charge on any atom is -0.422 e. The zero-order valence-corrected chi connectivity index (χ0v) is 6.75. The smallest absolute Gasteiger partial charge is 0.399 e. The fourth-order valence-corrected chi connectivity index (χ4v) is 2.19. The van der Waals surface area contributed by atoms with Crippen molar-refractivity contribution < 1.29 is 9.45 Å². The average Bonchev–Trinajstić information content (AvgIpc) is 2.54. The molecule has 0 aromatic heterocycles. The molecule has 60 valence electrons. The van der Waals surface area contributed by atoms with Gasteiger partial charge in [-0.2, -0.15) is 0 Å². The van der Waals surface area contributed by atoms with Gasteiger partial charge in [-0.25, -0.2) is 0 Å². The van der Waals surface area contributed by atoms with Gasteiger partial charge in [0.1, 0.15) is 0 Å². The van der Waals surface area contributed by atoms with Crippen molar-refractivity contribution >= 4 is 13.5 Å². The van der Waals surface area contributed by atoms with Crippen molar-refractivity contribution in [3.63, 3.8) is 0 Å². The average molecular weight is 153 g/mol. The number of rotatable bonds is 2. The Hall–Kier alpha value is -0.505. The molecule has 2 atom stereocenters. The van der Waals surface area contributed by atoms with Crippen LogP contribution in [0.15, 0.2) is 0 Å². The van der Waals surface area contributed by atoms with E-state index in [-0.39, 0.29) is 0 Å². The van der Waals surface area contributed by atoms with Crippen molar-refractivity contribution in [3.8, 4) is 0 Å². The Bertz CT molecular complexity index is 185. The molecule has 2 aliphatic rings. The van der Waals surface area contributed by atoms with E-state index in [1.165, 1.54) is 6.42 Å². The summed E-state index contributed by atoms with van der Waals surface area (Å²) in [5, 5.41) is 0. The summed E-state index contributed by atoms with van der Waals surface area (Å²) in [6, 6.07) is 0.493. The van der Waals surface area contributed by atoms with Crippen molar-refractivity contribution in [2.75, 3.05) is 7.11 Å². The Morgan fingerprint density at radius 2 is 2.45 bits per heavy atom. The molecule has 0 radical (unpaired) electrons. The van der Waals surface area contributed by atoms with Crippen molar-refractivity contribution in [2.24, 2.45) is 5.92 Å². The van der Waals surface area contributed by atoms with Gasteiger partial charge in [-0.1, -0.05) is 0 Å². The van der Waals surface area contributed by atoms with Gasteiger partial charge < -0.3 is 9.47 Å². The first-order valence-electron chi connectivity index (χ1n) is 4.12. The topological polar surface area (TPSA) is 29.5 Å². The second-order valence-corrected chi connectivity index (χ2v) is 3.39. The predicted molar refractivity (Wildman–Crippen MR) is 42.1 cm³/mol. The molecule has 4 heteroatoms. The van der Waals surface area contributed by atoms with Crippen LogP contribution in [0.2, 0.25) is 0 Å². The monoisotopic (exact) mass is 153 g/mol. The fourth-order valence-electron chi connectivity index (χ4n) is 2.19. The maximum Gasteiger partial charge on any atom is 0.399 e. The van der Waals surface area contributed by atoms with Gasteiger partial charge >= 0.3 is 7.62 Å². The molecule has 1 aliphatic carbocycles. The lowest BCUT2D eigenvalue weighted by atomic mass is 10.0. The standard InChI is InChI=1S/C7H12BNO2/c1-11-8-9-6-3-2-5(4-6)7(9)10/h5-6,8H,2-4H2,1H3. The van der Waals surface area contributed by atoms with Crippen molar-refractivity contribution in [1.29, 1.82) is 0 Å². The highest BCUT2D eigenvalue weighted by Crippen LogP contribution is 2.37. The van der Waals surface area contributed by atoms with E-state index in [0.717, 1.165) is 12.8 Å². The van der Waals surface area contributed by atoms with Crippen LogP contribution in [0.25, 0.3) is 0 Å². The van der Waals surface area contributed by atoms with Crippen LogP contribution in [0.4, 0.5) is 0 Å². The quantitative estimate of drug-likeness (QED) is 0.519. The highest BCUT2D eigenvalue weighted by molar-refractivity contribution is 6.30. The van der Waals surface area contributed by atoms with E-state index in [0.29, 0.717) is 25.5 Å². The van der Waals surface area contributed by atoms with Gasteiger partial charge in [-0.15, -0.1) is 0 Å². The van der Waals surface area contributed by atoms with E-state index in [1.54, 1.807) is 7.11 Å². The van der Waals surface area contributed by atoms with Crippen molar-refractivity contribution in [3.05, 3.63) is 0 Å². The molecule has 2 fully saturated rings. The van der Waals surface area contributed by atoms with Crippen LogP contribution < -0.4 is 0 Å². The predicted octanol–water partition coefficient (Wildman–Crippen LogP) is -0.0898. The zero-order valence-electron chi connectivity index (χ0n) is 6.75. The summed E-state index contributed by atoms with van der Waals surface area (Å²) >= 11 is 0. The van der Waals surface area contributed by atoms with Gasteiger partial charge in [-0.05, 0) is 19.3 Å². The third-order valence-electron chi connectivity index (χ3n) is 2.75. The molecular formula is C7H12BNO2. The van der Waals surface area contributed by atoms with Crippen molar-refractivity contribution in [2.45, 2.75) is 25.3 Å². The summed E-state index contributed by atoms with van der Waals surface area (Å²) in [4.78, 5) is 13.3. The largest absolute Gasteiger partial charge is 0.422 e. The number of carbonyl (C=O) groups excluding carboxylic acids is 1. The lowest BCUT2D eigenvalue weighted by molar-refractivity contribution is -0.129. The van der Waals surface area contributed by atoms with Gasteiger partial charge in [0.2, 0.25) is 5.91 Å². The number of amides is 1. The zero-order chi connectivity index (χ0) is 7.84. The number of nitrogens with zero attached hydrogens (tertiary/aromatic N) is 1. The molecule has 2 unspecified atom stereocenters. The van der Waals surface area contributed by atoms with E-state index in [1.807, 2.05) is 4.81 Å². The van der Waals surface area contributed by atoms with E-state index < -0.39 is 0 Å². The Morgan fingerprint density at radius 1 is 1.64 bits per heavy atom. The molecular weight excluding hydrogens is 141 g/mol. The van der Waals surface area contributed by atoms with E-state index in [9.17, 15) is 4.79 Å². The van der Waals surface area contributed by atoms with Crippen LogP contribution in [0.3, 0.4) is 0 Å². The van der Waals surface area contributed by atoms with E-state index >= 15 is 0 Å². The second kappa shape index (κ2) is 2.52. The molecule has 0 aromatic rings. The minimum absolute atomic E-state index is 0.308. The number of hydrogen-bond acceptors (Lipinski definition) is 2. The summed E-state index contributed by atoms with van der Waals surface area (Å²) in [5.74, 6) is 0.637. The molecule has 0 aromatic carbocycles. The molecule has 0 spiro atoms. The summed E-state index contributed by atoms with van der Waals surface area (Å²) < 4.78 is 4.95. The first kappa shape index (κ1) is 7.16. The van der Waals surface area contributed by atoms with Crippen LogP contribution in [-0.4, -0.2) is 31.5 Å². The third-order valence-corrected chi connectivity index (χ3v) is 2.75. The summed E-state index contributed by atoms with van der Waals surface area (Å²) in [6.45, 7) is 0. The number of carbonyl (C=O) groups is 1. The highest BCUT2D eigenvalue weighted by Gasteiger charge is 2.44. The molecule has 1 saturated carbocycles. The van der Waals surface area contributed by atoms with Gasteiger partial charge in [-0.3, -0.25) is 4.79 Å². The molecule has 3 nitrogen and oxygen atoms in total. The number of piperidine rings is 1. The Balaban J connectivity index is 2.05. The van der Waals surface area contributed by atoms with E-state index in [4.69, 9.17) is 4.65 Å². The first-order valence-corrected chi connectivity index (χ1v) is 4.12. The maximum atomic E-state index is 11.4. The number of fused-ring (bicyclic) bond motifs is 2. The first-order chi connectivity index (χ1) is 5.33. The van der Waals surface area contributed by atoms with Crippen LogP contribution in [-0.2, 0) is 9.45 Å². The van der Waals surface area contributed by atoms with Crippen LogP contribution in [0.1, 0.15) is 19.3 Å². The molecule has 0 N–H and O–H groups in total. The van der Waals surface area contributed by atoms with Crippen LogP contribution in [0, 0.1) is 5.92 Å². The van der Waals surface area contributed by atoms with Gasteiger partial charge in [0, 0.05) is 19.1 Å². The normalized spacial score (nSPS) is 35.0. The Morgan fingerprint density at radius 3 is 3.00 bits per heavy atom. The number of hydrogen-bond donors (Lipinski definition) is 0. The molecule has 11 heavy (non-hydrogen) atoms. The van der Waals surface area contributed by atoms with Gasteiger partial charge in [0.15, 0.2) is 0 Å². The van der Waals surface area contributed by atoms with E-state index in [2.05, 4.69) is 0 Å². The van der Waals surface area contributed by atoms with Gasteiger partial charge in [0.05, 0.1) is 0 Å². The summed E-state index contributed by atoms with van der Waals surface area (Å²) in [7, 11) is 2.12. The third kappa shape index (κ3) is 0.966. The molecule has 1 amide bonds. The van der Waals surface area contributed by atoms with Crippen LogP contribution in [0.5, 0.6) is 0 Å². The van der Waals surface area contributed by atoms with Crippen molar-refractivity contribution in [1.82, 2.24) is 4.81 Å². The molecule has 2 bridgehead atoms. The second-order valence-electron chi connectivity index (χ2n) is 3.39. The highest BCUT2D eigenvalue weighted by atomic mass is 16.4. The molecule has 1 aliphatic heterocycles. The molecule has 2 rings (SSSR count). The minimum atomic E-state index is 0.308. The molecule has 1 saturated heterocycles. The summed E-state index contributed by atoms with van der Waals surface area (Å²) in [5.41, 5.74) is 0. The lowest BCUT2D eigenvalue weighted by Crippen LogP contribution is -2.40. The SMILES string of the molecule is COBN1C(=O)C2CCC1C2. The van der Waals surface area contributed by atoms with Crippen LogP contribution >= 0.6 is 0 Å². The van der Waals surface area contributed by atoms with Gasteiger partial charge in [0.25, 0.3) is 0 Å². The summed E-state index contributed by atoms with van der Waals surface area (Å²) in [6.07, 6.45) is 3.35. The Kier molecular flexibility index (Phi) is 1.64.